The molecule has 0 saturated heterocycles. The zero-order valence-corrected chi connectivity index (χ0v) is 20.4. The maximum atomic E-state index is 4.45. The lowest BCUT2D eigenvalue weighted by Crippen LogP contribution is -2.39. The maximum absolute atomic E-state index is 4.45. The van der Waals surface area contributed by atoms with Crippen LogP contribution in [0.3, 0.4) is 0 Å². The van der Waals surface area contributed by atoms with Crippen molar-refractivity contribution in [2.75, 3.05) is 32.1 Å². The molecule has 2 unspecified atom stereocenters. The van der Waals surface area contributed by atoms with Crippen LogP contribution in [0.5, 0.6) is 0 Å². The largest absolute Gasteiger partial charge is 0.373 e. The van der Waals surface area contributed by atoms with E-state index in [0.717, 1.165) is 5.92 Å². The lowest BCUT2D eigenvalue weighted by molar-refractivity contribution is 0.187. The molecule has 0 bridgehead atoms. The van der Waals surface area contributed by atoms with Crippen molar-refractivity contribution in [1.29, 1.82) is 0 Å². The second-order valence-corrected chi connectivity index (χ2v) is 11.2. The Bertz CT molecular complexity index is 392. The Kier molecular flexibility index (Phi) is 11.6. The molecule has 0 heterocycles. The van der Waals surface area contributed by atoms with E-state index >= 15 is 0 Å². The van der Waals surface area contributed by atoms with E-state index in [0.29, 0.717) is 5.92 Å². The molecule has 0 saturated carbocycles. The van der Waals surface area contributed by atoms with Gasteiger partial charge < -0.3 is 9.80 Å². The van der Waals surface area contributed by atoms with E-state index in [2.05, 4.69) is 97.6 Å². The van der Waals surface area contributed by atoms with Crippen molar-refractivity contribution >= 4 is 11.8 Å². The van der Waals surface area contributed by atoms with Gasteiger partial charge in [-0.3, -0.25) is 0 Å². The Morgan fingerprint density at radius 1 is 0.962 bits per heavy atom. The van der Waals surface area contributed by atoms with Crippen molar-refractivity contribution < 1.29 is 0 Å². The normalized spacial score (nSPS) is 15.2. The summed E-state index contributed by atoms with van der Waals surface area (Å²) in [4.78, 5) is 4.84. The SMILES string of the molecule is C=C(C(CCC)CCC(C)CSCCN(C)C(C)(C)C)N(C)C(C)(C)C. The lowest BCUT2D eigenvalue weighted by Gasteiger charge is -2.39. The van der Waals surface area contributed by atoms with E-state index in [9.17, 15) is 0 Å². The Morgan fingerprint density at radius 2 is 1.54 bits per heavy atom. The first-order valence-corrected chi connectivity index (χ1v) is 11.7. The molecule has 0 spiro atoms. The van der Waals surface area contributed by atoms with Gasteiger partial charge in [0, 0.05) is 36.1 Å². The minimum absolute atomic E-state index is 0.156. The summed E-state index contributed by atoms with van der Waals surface area (Å²) in [5.74, 6) is 3.92. The Balaban J connectivity index is 4.30. The van der Waals surface area contributed by atoms with E-state index in [-0.39, 0.29) is 11.1 Å². The number of rotatable bonds is 12. The molecule has 0 aromatic heterocycles. The standard InChI is InChI=1S/C23H48N2S/c1-12-13-21(20(3)25(11)23(7,8)9)15-14-19(2)18-26-17-16-24(10)22(4,5)6/h19,21H,3,12-18H2,1-2,4-11H3. The summed E-state index contributed by atoms with van der Waals surface area (Å²) >= 11 is 2.12. The third-order valence-electron chi connectivity index (χ3n) is 5.67. The van der Waals surface area contributed by atoms with Crippen molar-refractivity contribution in [2.45, 2.75) is 92.2 Å². The van der Waals surface area contributed by atoms with Gasteiger partial charge in [-0.25, -0.2) is 0 Å². The number of nitrogens with zero attached hydrogens (tertiary/aromatic N) is 2. The molecule has 0 aliphatic rings. The quantitative estimate of drug-likeness (QED) is 0.353. The van der Waals surface area contributed by atoms with E-state index in [1.54, 1.807) is 0 Å². The lowest BCUT2D eigenvalue weighted by atomic mass is 9.89. The molecule has 0 amide bonds. The highest BCUT2D eigenvalue weighted by Crippen LogP contribution is 2.30. The van der Waals surface area contributed by atoms with Gasteiger partial charge in [0.25, 0.3) is 0 Å². The molecule has 2 nitrogen and oxygen atoms in total. The van der Waals surface area contributed by atoms with Crippen LogP contribution in [0, 0.1) is 11.8 Å². The second kappa shape index (κ2) is 11.6. The highest BCUT2D eigenvalue weighted by atomic mass is 32.2. The van der Waals surface area contributed by atoms with Crippen molar-refractivity contribution in [1.82, 2.24) is 9.80 Å². The van der Waals surface area contributed by atoms with E-state index < -0.39 is 0 Å². The average Bonchev–Trinajstić information content (AvgIpc) is 2.51. The van der Waals surface area contributed by atoms with Crippen LogP contribution in [-0.2, 0) is 0 Å². The van der Waals surface area contributed by atoms with Gasteiger partial charge in [-0.05, 0) is 85.4 Å². The molecular weight excluding hydrogens is 336 g/mol. The fourth-order valence-corrected chi connectivity index (χ4v) is 4.06. The van der Waals surface area contributed by atoms with Crippen molar-refractivity contribution in [3.05, 3.63) is 12.3 Å². The zero-order chi connectivity index (χ0) is 20.5. The third kappa shape index (κ3) is 10.3. The van der Waals surface area contributed by atoms with Crippen molar-refractivity contribution in [3.63, 3.8) is 0 Å². The van der Waals surface area contributed by atoms with Crippen LogP contribution in [0.1, 0.15) is 81.1 Å². The number of thioether (sulfide) groups is 1. The van der Waals surface area contributed by atoms with E-state index in [1.807, 2.05) is 0 Å². The topological polar surface area (TPSA) is 6.48 Å². The maximum Gasteiger partial charge on any atom is 0.0311 e. The van der Waals surface area contributed by atoms with E-state index in [4.69, 9.17) is 0 Å². The Labute approximate surface area is 170 Å². The van der Waals surface area contributed by atoms with Crippen LogP contribution >= 0.6 is 11.8 Å². The zero-order valence-electron chi connectivity index (χ0n) is 19.6. The summed E-state index contributed by atoms with van der Waals surface area (Å²) in [5, 5.41) is 0. The first kappa shape index (κ1) is 25.9. The molecule has 0 aromatic rings. The minimum Gasteiger partial charge on any atom is -0.373 e. The smallest absolute Gasteiger partial charge is 0.0311 e. The first-order chi connectivity index (χ1) is 11.8. The average molecular weight is 385 g/mol. The number of allylic oxidation sites excluding steroid dienone is 1. The highest BCUT2D eigenvalue weighted by molar-refractivity contribution is 7.99. The molecule has 0 aliphatic heterocycles. The summed E-state index contributed by atoms with van der Waals surface area (Å²) in [5.41, 5.74) is 1.76. The van der Waals surface area contributed by atoms with Gasteiger partial charge in [-0.1, -0.05) is 26.8 Å². The molecule has 0 rings (SSSR count). The Hall–Kier alpha value is -0.150. The molecule has 0 aliphatic carbocycles. The predicted octanol–water partition coefficient (Wildman–Crippen LogP) is 6.53. The Morgan fingerprint density at radius 3 is 2.00 bits per heavy atom. The van der Waals surface area contributed by atoms with Gasteiger partial charge in [0.15, 0.2) is 0 Å². The van der Waals surface area contributed by atoms with Crippen molar-refractivity contribution in [3.8, 4) is 0 Å². The van der Waals surface area contributed by atoms with Gasteiger partial charge in [0.05, 0.1) is 0 Å². The molecule has 156 valence electrons. The fourth-order valence-electron chi connectivity index (χ4n) is 2.92. The van der Waals surface area contributed by atoms with Crippen LogP contribution in [0.15, 0.2) is 12.3 Å². The molecule has 0 radical (unpaired) electrons. The van der Waals surface area contributed by atoms with Gasteiger partial charge in [-0.2, -0.15) is 11.8 Å². The monoisotopic (exact) mass is 384 g/mol. The van der Waals surface area contributed by atoms with Crippen LogP contribution in [0.2, 0.25) is 0 Å². The molecular formula is C23H48N2S. The van der Waals surface area contributed by atoms with Gasteiger partial charge in [0.2, 0.25) is 0 Å². The number of hydrogen-bond donors (Lipinski definition) is 0. The fraction of sp³-hybridized carbons (Fsp3) is 0.913. The summed E-state index contributed by atoms with van der Waals surface area (Å²) in [7, 11) is 4.44. The molecule has 0 N–H and O–H groups in total. The molecule has 0 aromatic carbocycles. The molecule has 2 atom stereocenters. The van der Waals surface area contributed by atoms with Crippen LogP contribution in [-0.4, -0.2) is 53.0 Å². The summed E-state index contributed by atoms with van der Waals surface area (Å²) in [6, 6.07) is 0. The minimum atomic E-state index is 0.156. The van der Waals surface area contributed by atoms with E-state index in [1.165, 1.54) is 49.4 Å². The number of hydrogen-bond acceptors (Lipinski definition) is 3. The highest BCUT2D eigenvalue weighted by Gasteiger charge is 2.24. The van der Waals surface area contributed by atoms with Crippen LogP contribution in [0.25, 0.3) is 0 Å². The van der Waals surface area contributed by atoms with Crippen LogP contribution in [0.4, 0.5) is 0 Å². The molecule has 0 fully saturated rings. The van der Waals surface area contributed by atoms with Gasteiger partial charge >= 0.3 is 0 Å². The predicted molar refractivity (Wildman–Crippen MR) is 123 cm³/mol. The first-order valence-electron chi connectivity index (χ1n) is 10.5. The summed E-state index contributed by atoms with van der Waals surface area (Å²) < 4.78 is 0. The third-order valence-corrected chi connectivity index (χ3v) is 6.95. The summed E-state index contributed by atoms with van der Waals surface area (Å²) in [6.45, 7) is 24.0. The van der Waals surface area contributed by atoms with Gasteiger partial charge in [0.1, 0.15) is 0 Å². The van der Waals surface area contributed by atoms with Gasteiger partial charge in [-0.15, -0.1) is 0 Å². The van der Waals surface area contributed by atoms with Crippen LogP contribution < -0.4 is 0 Å². The molecule has 26 heavy (non-hydrogen) atoms. The molecule has 3 heteroatoms. The van der Waals surface area contributed by atoms with Crippen molar-refractivity contribution in [2.24, 2.45) is 11.8 Å². The summed E-state index contributed by atoms with van der Waals surface area (Å²) in [6.07, 6.45) is 5.08. The second-order valence-electron chi connectivity index (χ2n) is 10.1.